The number of likely N-dealkylation sites (N-methyl/N-ethyl adjacent to an activating group) is 1. The van der Waals surface area contributed by atoms with Crippen molar-refractivity contribution in [3.63, 3.8) is 0 Å². The molecule has 2 atom stereocenters. The maximum atomic E-state index is 4.51. The van der Waals surface area contributed by atoms with Crippen molar-refractivity contribution < 1.29 is 0 Å². The predicted octanol–water partition coefficient (Wildman–Crippen LogP) is 3.35. The molecule has 1 N–H and O–H groups in total. The summed E-state index contributed by atoms with van der Waals surface area (Å²) in [6.07, 6.45) is 7.34. The second-order valence-corrected chi connectivity index (χ2v) is 5.67. The van der Waals surface area contributed by atoms with Crippen LogP contribution in [0.1, 0.15) is 51.1 Å². The van der Waals surface area contributed by atoms with E-state index in [2.05, 4.69) is 43.3 Å². The molecule has 0 aliphatic heterocycles. The molecule has 1 aliphatic carbocycles. The van der Waals surface area contributed by atoms with Gasteiger partial charge in [-0.15, -0.1) is 0 Å². The quantitative estimate of drug-likeness (QED) is 0.861. The van der Waals surface area contributed by atoms with Crippen LogP contribution in [0.5, 0.6) is 0 Å². The lowest BCUT2D eigenvalue weighted by Crippen LogP contribution is -2.44. The first kappa shape index (κ1) is 12.6. The van der Waals surface area contributed by atoms with Gasteiger partial charge in [0.1, 0.15) is 0 Å². The molecule has 0 amide bonds. The summed E-state index contributed by atoms with van der Waals surface area (Å²) in [6.45, 7) is 4.73. The Morgan fingerprint density at radius 3 is 2.53 bits per heavy atom. The van der Waals surface area contributed by atoms with Crippen molar-refractivity contribution in [3.05, 3.63) is 30.1 Å². The largest absolute Gasteiger partial charge is 0.316 e. The van der Waals surface area contributed by atoms with Crippen molar-refractivity contribution in [2.45, 2.75) is 51.5 Å². The minimum Gasteiger partial charge on any atom is -0.316 e. The first-order chi connectivity index (χ1) is 8.17. The van der Waals surface area contributed by atoms with E-state index in [4.69, 9.17) is 0 Å². The van der Waals surface area contributed by atoms with Gasteiger partial charge in [0.15, 0.2) is 0 Å². The van der Waals surface area contributed by atoms with Gasteiger partial charge in [0.2, 0.25) is 0 Å². The molecule has 1 saturated carbocycles. The third-order valence-electron chi connectivity index (χ3n) is 4.46. The lowest BCUT2D eigenvalue weighted by Gasteiger charge is -2.38. The van der Waals surface area contributed by atoms with Crippen LogP contribution in [0.4, 0.5) is 0 Å². The van der Waals surface area contributed by atoms with Gasteiger partial charge in [-0.3, -0.25) is 4.98 Å². The van der Waals surface area contributed by atoms with Crippen molar-refractivity contribution >= 4 is 0 Å². The third-order valence-corrected chi connectivity index (χ3v) is 4.46. The molecule has 0 radical (unpaired) electrons. The van der Waals surface area contributed by atoms with Gasteiger partial charge in [0.25, 0.3) is 0 Å². The molecule has 2 nitrogen and oxygen atoms in total. The van der Waals surface area contributed by atoms with E-state index in [9.17, 15) is 0 Å². The molecule has 1 aromatic rings. The van der Waals surface area contributed by atoms with Crippen LogP contribution >= 0.6 is 0 Å². The van der Waals surface area contributed by atoms with E-state index in [0.717, 1.165) is 0 Å². The Balaban J connectivity index is 2.18. The molecule has 0 aromatic carbocycles. The van der Waals surface area contributed by atoms with Gasteiger partial charge in [0, 0.05) is 23.9 Å². The predicted molar refractivity (Wildman–Crippen MR) is 72.1 cm³/mol. The Bertz CT molecular complexity index is 341. The van der Waals surface area contributed by atoms with Gasteiger partial charge >= 0.3 is 0 Å². The maximum Gasteiger partial charge on any atom is 0.0447 e. The van der Waals surface area contributed by atoms with Crippen LogP contribution in [-0.2, 0) is 0 Å². The van der Waals surface area contributed by atoms with E-state index < -0.39 is 0 Å². The average molecular weight is 232 g/mol. The second kappa shape index (κ2) is 5.18. The smallest absolute Gasteiger partial charge is 0.0447 e. The minimum absolute atomic E-state index is 0.436. The zero-order chi connectivity index (χ0) is 12.3. The van der Waals surface area contributed by atoms with E-state index in [1.54, 1.807) is 0 Å². The highest BCUT2D eigenvalue weighted by molar-refractivity contribution is 5.13. The summed E-state index contributed by atoms with van der Waals surface area (Å²) in [4.78, 5) is 4.51. The SMILES string of the molecule is CNC(C(C)c1ccccn1)C1(C)CCCC1. The van der Waals surface area contributed by atoms with Crippen LogP contribution in [-0.4, -0.2) is 18.1 Å². The summed E-state index contributed by atoms with van der Waals surface area (Å²) in [5, 5.41) is 3.54. The lowest BCUT2D eigenvalue weighted by atomic mass is 9.74. The zero-order valence-electron chi connectivity index (χ0n) is 11.2. The zero-order valence-corrected chi connectivity index (χ0v) is 11.2. The number of nitrogens with one attached hydrogen (secondary N) is 1. The van der Waals surface area contributed by atoms with E-state index in [0.29, 0.717) is 17.4 Å². The van der Waals surface area contributed by atoms with Crippen LogP contribution < -0.4 is 5.32 Å². The molecule has 0 spiro atoms. The van der Waals surface area contributed by atoms with E-state index in [1.165, 1.54) is 31.4 Å². The van der Waals surface area contributed by atoms with Crippen LogP contribution in [0, 0.1) is 5.41 Å². The highest BCUT2D eigenvalue weighted by Crippen LogP contribution is 2.44. The molecule has 2 unspecified atom stereocenters. The Hall–Kier alpha value is -0.890. The van der Waals surface area contributed by atoms with Gasteiger partial charge in [0.05, 0.1) is 0 Å². The van der Waals surface area contributed by atoms with Gasteiger partial charge < -0.3 is 5.32 Å². The molecular formula is C15H24N2. The molecule has 17 heavy (non-hydrogen) atoms. The summed E-state index contributed by atoms with van der Waals surface area (Å²) in [5.41, 5.74) is 1.64. The van der Waals surface area contributed by atoms with E-state index in [-0.39, 0.29) is 0 Å². The number of rotatable bonds is 4. The first-order valence-corrected chi connectivity index (χ1v) is 6.75. The van der Waals surface area contributed by atoms with Crippen molar-refractivity contribution in [2.24, 2.45) is 5.41 Å². The average Bonchev–Trinajstić information content (AvgIpc) is 2.78. The standard InChI is InChI=1S/C15H24N2/c1-12(13-8-4-7-11-17-13)14(16-3)15(2)9-5-6-10-15/h4,7-8,11-12,14,16H,5-6,9-10H2,1-3H3. The molecule has 1 heterocycles. The van der Waals surface area contributed by atoms with Gasteiger partial charge in [-0.1, -0.05) is 32.8 Å². The number of hydrogen-bond acceptors (Lipinski definition) is 2. The fraction of sp³-hybridized carbons (Fsp3) is 0.667. The van der Waals surface area contributed by atoms with Crippen molar-refractivity contribution in [1.29, 1.82) is 0 Å². The number of aromatic nitrogens is 1. The summed E-state index contributed by atoms with van der Waals surface area (Å²) in [6, 6.07) is 6.75. The Labute approximate surface area is 105 Å². The van der Waals surface area contributed by atoms with Crippen LogP contribution in [0.25, 0.3) is 0 Å². The molecule has 1 fully saturated rings. The van der Waals surface area contributed by atoms with Gasteiger partial charge in [-0.2, -0.15) is 0 Å². The molecular weight excluding hydrogens is 208 g/mol. The Morgan fingerprint density at radius 1 is 1.29 bits per heavy atom. The van der Waals surface area contributed by atoms with Crippen molar-refractivity contribution in [1.82, 2.24) is 10.3 Å². The number of nitrogens with zero attached hydrogens (tertiary/aromatic N) is 1. The Morgan fingerprint density at radius 2 is 2.00 bits per heavy atom. The monoisotopic (exact) mass is 232 g/mol. The summed E-state index contributed by atoms with van der Waals surface area (Å²) in [7, 11) is 2.09. The minimum atomic E-state index is 0.436. The molecule has 2 heteroatoms. The van der Waals surface area contributed by atoms with Crippen LogP contribution in [0.15, 0.2) is 24.4 Å². The highest BCUT2D eigenvalue weighted by atomic mass is 14.9. The highest BCUT2D eigenvalue weighted by Gasteiger charge is 2.39. The third kappa shape index (κ3) is 2.52. The normalized spacial score (nSPS) is 22.3. The van der Waals surface area contributed by atoms with Crippen molar-refractivity contribution in [2.75, 3.05) is 7.05 Å². The molecule has 0 bridgehead atoms. The second-order valence-electron chi connectivity index (χ2n) is 5.67. The molecule has 1 aliphatic rings. The summed E-state index contributed by atoms with van der Waals surface area (Å²) in [5.74, 6) is 0.476. The van der Waals surface area contributed by atoms with Crippen LogP contribution in [0.3, 0.4) is 0 Å². The summed E-state index contributed by atoms with van der Waals surface area (Å²) >= 11 is 0. The maximum absolute atomic E-state index is 4.51. The van der Waals surface area contributed by atoms with E-state index in [1.807, 2.05) is 12.3 Å². The van der Waals surface area contributed by atoms with E-state index >= 15 is 0 Å². The fourth-order valence-corrected chi connectivity index (χ4v) is 3.51. The van der Waals surface area contributed by atoms with Gasteiger partial charge in [-0.05, 0) is 37.4 Å². The lowest BCUT2D eigenvalue weighted by molar-refractivity contribution is 0.204. The molecule has 0 saturated heterocycles. The topological polar surface area (TPSA) is 24.9 Å². The fourth-order valence-electron chi connectivity index (χ4n) is 3.51. The van der Waals surface area contributed by atoms with Gasteiger partial charge in [-0.25, -0.2) is 0 Å². The molecule has 2 rings (SSSR count). The Kier molecular flexibility index (Phi) is 3.82. The molecule has 94 valence electrons. The van der Waals surface area contributed by atoms with Crippen molar-refractivity contribution in [3.8, 4) is 0 Å². The number of pyridine rings is 1. The number of hydrogen-bond donors (Lipinski definition) is 1. The van der Waals surface area contributed by atoms with Crippen LogP contribution in [0.2, 0.25) is 0 Å². The summed E-state index contributed by atoms with van der Waals surface area (Å²) < 4.78 is 0. The molecule has 1 aromatic heterocycles. The first-order valence-electron chi connectivity index (χ1n) is 6.75.